The molecule has 0 radical (unpaired) electrons. The first-order valence-corrected chi connectivity index (χ1v) is 5.89. The lowest BCUT2D eigenvalue weighted by Crippen LogP contribution is -2.24. The first kappa shape index (κ1) is 12.8. The van der Waals surface area contributed by atoms with Crippen LogP contribution in [0.15, 0.2) is 22.7 Å². The van der Waals surface area contributed by atoms with Crippen LogP contribution in [0.4, 0.5) is 5.69 Å². The number of rotatable bonds is 4. The molecule has 0 aliphatic rings. The number of hydrogen-bond acceptors (Lipinski definition) is 3. The molecule has 0 aromatic heterocycles. The van der Waals surface area contributed by atoms with Crippen molar-refractivity contribution in [1.82, 2.24) is 0 Å². The Morgan fingerprint density at radius 3 is 2.31 bits per heavy atom. The molecule has 0 heterocycles. The van der Waals surface area contributed by atoms with Gasteiger partial charge in [0.2, 0.25) is 0 Å². The monoisotopic (exact) mass is 297 g/mol. The molecule has 1 aromatic rings. The van der Waals surface area contributed by atoms with Crippen molar-refractivity contribution < 1.29 is 0 Å². The van der Waals surface area contributed by atoms with Gasteiger partial charge in [0.05, 0.1) is 17.8 Å². The number of halogens is 2. The molecule has 82 valence electrons. The smallest absolute Gasteiger partial charge is 0.107 e. The SMILES string of the molecule is N#CCN(CC#N)c1ccc(CCl)cc1Br. The van der Waals surface area contributed by atoms with E-state index in [1.807, 2.05) is 30.3 Å². The number of anilines is 1. The van der Waals surface area contributed by atoms with Crippen LogP contribution >= 0.6 is 27.5 Å². The molecule has 0 unspecified atom stereocenters. The van der Waals surface area contributed by atoms with Gasteiger partial charge in [-0.3, -0.25) is 0 Å². The zero-order chi connectivity index (χ0) is 12.0. The van der Waals surface area contributed by atoms with E-state index in [4.69, 9.17) is 22.1 Å². The van der Waals surface area contributed by atoms with Crippen LogP contribution in [0.2, 0.25) is 0 Å². The van der Waals surface area contributed by atoms with Crippen LogP contribution in [-0.4, -0.2) is 13.1 Å². The third kappa shape index (κ3) is 3.13. The minimum atomic E-state index is 0.187. The van der Waals surface area contributed by atoms with Crippen molar-refractivity contribution in [2.45, 2.75) is 5.88 Å². The van der Waals surface area contributed by atoms with Gasteiger partial charge in [0.15, 0.2) is 0 Å². The van der Waals surface area contributed by atoms with Crippen molar-refractivity contribution in [2.75, 3.05) is 18.0 Å². The van der Waals surface area contributed by atoms with Crippen LogP contribution < -0.4 is 4.90 Å². The van der Waals surface area contributed by atoms with Crippen LogP contribution in [0.3, 0.4) is 0 Å². The Morgan fingerprint density at radius 2 is 1.88 bits per heavy atom. The van der Waals surface area contributed by atoms with Crippen LogP contribution in [0.1, 0.15) is 5.56 Å². The van der Waals surface area contributed by atoms with Gasteiger partial charge in [-0.1, -0.05) is 6.07 Å². The van der Waals surface area contributed by atoms with E-state index in [0.717, 1.165) is 15.7 Å². The third-order valence-electron chi connectivity index (χ3n) is 2.03. The summed E-state index contributed by atoms with van der Waals surface area (Å²) < 4.78 is 0.844. The molecular formula is C11H9BrClN3. The van der Waals surface area contributed by atoms with Crippen LogP contribution in [0.5, 0.6) is 0 Å². The molecule has 0 aliphatic carbocycles. The highest BCUT2D eigenvalue weighted by molar-refractivity contribution is 9.10. The van der Waals surface area contributed by atoms with Gasteiger partial charge < -0.3 is 4.90 Å². The van der Waals surface area contributed by atoms with Gasteiger partial charge in [-0.2, -0.15) is 10.5 Å². The predicted molar refractivity (Wildman–Crippen MR) is 67.1 cm³/mol. The maximum absolute atomic E-state index is 8.68. The summed E-state index contributed by atoms with van der Waals surface area (Å²) in [6.07, 6.45) is 0. The summed E-state index contributed by atoms with van der Waals surface area (Å²) in [7, 11) is 0. The molecule has 0 atom stereocenters. The Balaban J connectivity index is 3.02. The largest absolute Gasteiger partial charge is 0.344 e. The molecule has 0 fully saturated rings. The number of alkyl halides is 1. The zero-order valence-electron chi connectivity index (χ0n) is 8.45. The number of nitrogens with zero attached hydrogens (tertiary/aromatic N) is 3. The fourth-order valence-corrected chi connectivity index (χ4v) is 2.13. The second-order valence-electron chi connectivity index (χ2n) is 3.09. The van der Waals surface area contributed by atoms with Gasteiger partial charge in [-0.05, 0) is 33.6 Å². The van der Waals surface area contributed by atoms with Crippen molar-refractivity contribution in [1.29, 1.82) is 10.5 Å². The quantitative estimate of drug-likeness (QED) is 0.634. The maximum Gasteiger partial charge on any atom is 0.107 e. The van der Waals surface area contributed by atoms with E-state index < -0.39 is 0 Å². The molecule has 16 heavy (non-hydrogen) atoms. The molecule has 0 saturated heterocycles. The first-order chi connectivity index (χ1) is 7.72. The van der Waals surface area contributed by atoms with Crippen molar-refractivity contribution >= 4 is 33.2 Å². The number of hydrogen-bond donors (Lipinski definition) is 0. The van der Waals surface area contributed by atoms with Crippen LogP contribution in [-0.2, 0) is 5.88 Å². The van der Waals surface area contributed by atoms with E-state index in [1.165, 1.54) is 0 Å². The Kier molecular flexibility index (Phi) is 5.11. The summed E-state index contributed by atoms with van der Waals surface area (Å²) in [5, 5.41) is 17.4. The molecule has 3 nitrogen and oxygen atoms in total. The molecule has 0 saturated carbocycles. The minimum absolute atomic E-state index is 0.187. The summed E-state index contributed by atoms with van der Waals surface area (Å²) >= 11 is 9.12. The molecule has 1 aromatic carbocycles. The molecule has 1 rings (SSSR count). The van der Waals surface area contributed by atoms with Gasteiger partial charge in [0.25, 0.3) is 0 Å². The highest BCUT2D eigenvalue weighted by Gasteiger charge is 2.09. The summed E-state index contributed by atoms with van der Waals surface area (Å²) in [6.45, 7) is 0.374. The zero-order valence-corrected chi connectivity index (χ0v) is 10.8. The van der Waals surface area contributed by atoms with E-state index in [-0.39, 0.29) is 13.1 Å². The first-order valence-electron chi connectivity index (χ1n) is 4.56. The number of benzene rings is 1. The molecule has 0 spiro atoms. The fourth-order valence-electron chi connectivity index (χ4n) is 1.29. The fraction of sp³-hybridized carbons (Fsp3) is 0.273. The highest BCUT2D eigenvalue weighted by Crippen LogP contribution is 2.27. The predicted octanol–water partition coefficient (Wildman–Crippen LogP) is 3.04. The van der Waals surface area contributed by atoms with Gasteiger partial charge in [-0.15, -0.1) is 11.6 Å². The van der Waals surface area contributed by atoms with Gasteiger partial charge in [0.1, 0.15) is 13.1 Å². The molecule has 0 bridgehead atoms. The summed E-state index contributed by atoms with van der Waals surface area (Å²) in [5.41, 5.74) is 1.82. The molecular weight excluding hydrogens is 289 g/mol. The molecule has 5 heteroatoms. The average Bonchev–Trinajstić information content (AvgIpc) is 2.29. The Labute approximate surface area is 108 Å². The van der Waals surface area contributed by atoms with Crippen LogP contribution in [0.25, 0.3) is 0 Å². The lowest BCUT2D eigenvalue weighted by molar-refractivity contribution is 0.962. The Morgan fingerprint density at radius 1 is 1.25 bits per heavy atom. The lowest BCUT2D eigenvalue weighted by atomic mass is 10.2. The van der Waals surface area contributed by atoms with Gasteiger partial charge >= 0.3 is 0 Å². The van der Waals surface area contributed by atoms with Crippen molar-refractivity contribution in [2.24, 2.45) is 0 Å². The second-order valence-corrected chi connectivity index (χ2v) is 4.21. The molecule has 0 N–H and O–H groups in total. The van der Waals surface area contributed by atoms with Gasteiger partial charge in [0, 0.05) is 10.4 Å². The Hall–Kier alpha value is -1.23. The normalized spacial score (nSPS) is 9.25. The summed E-state index contributed by atoms with van der Waals surface area (Å²) in [6, 6.07) is 9.70. The van der Waals surface area contributed by atoms with E-state index in [1.54, 1.807) is 4.90 Å². The topological polar surface area (TPSA) is 50.8 Å². The van der Waals surface area contributed by atoms with E-state index in [0.29, 0.717) is 5.88 Å². The van der Waals surface area contributed by atoms with Crippen molar-refractivity contribution in [3.63, 3.8) is 0 Å². The van der Waals surface area contributed by atoms with Crippen LogP contribution in [0, 0.1) is 22.7 Å². The maximum atomic E-state index is 8.68. The van der Waals surface area contributed by atoms with Crippen molar-refractivity contribution in [3.05, 3.63) is 28.2 Å². The van der Waals surface area contributed by atoms with E-state index in [2.05, 4.69) is 15.9 Å². The van der Waals surface area contributed by atoms with E-state index >= 15 is 0 Å². The minimum Gasteiger partial charge on any atom is -0.344 e. The number of nitriles is 2. The summed E-state index contributed by atoms with van der Waals surface area (Å²) in [5.74, 6) is 0.440. The standard InChI is InChI=1S/C11H9BrClN3/c12-10-7-9(8-13)1-2-11(10)16(5-3-14)6-4-15/h1-2,7H,5-6,8H2. The molecule has 0 amide bonds. The lowest BCUT2D eigenvalue weighted by Gasteiger charge is -2.19. The van der Waals surface area contributed by atoms with Crippen molar-refractivity contribution in [3.8, 4) is 12.1 Å². The molecule has 0 aliphatic heterocycles. The Bertz CT molecular complexity index is 432. The second kappa shape index (κ2) is 6.37. The average molecular weight is 299 g/mol. The third-order valence-corrected chi connectivity index (χ3v) is 2.97. The summed E-state index contributed by atoms with van der Waals surface area (Å²) in [4.78, 5) is 1.70. The van der Waals surface area contributed by atoms with E-state index in [9.17, 15) is 0 Å². The highest BCUT2D eigenvalue weighted by atomic mass is 79.9. The van der Waals surface area contributed by atoms with Gasteiger partial charge in [-0.25, -0.2) is 0 Å².